The van der Waals surface area contributed by atoms with Crippen LogP contribution >= 0.6 is 0 Å². The molecule has 0 bridgehead atoms. The van der Waals surface area contributed by atoms with Crippen LogP contribution in [0.15, 0.2) is 60.0 Å². The van der Waals surface area contributed by atoms with E-state index in [1.807, 2.05) is 45.0 Å². The molecule has 0 radical (unpaired) electrons. The molecular weight excluding hydrogens is 386 g/mol. The Labute approximate surface area is 170 Å². The van der Waals surface area contributed by atoms with Gasteiger partial charge in [0.15, 0.2) is 9.84 Å². The van der Waals surface area contributed by atoms with Gasteiger partial charge in [0.05, 0.1) is 27.9 Å². The average Bonchev–Trinajstić information content (AvgIpc) is 2.87. The Balaban J connectivity index is 1.91. The zero-order valence-corrected chi connectivity index (χ0v) is 17.5. The van der Waals surface area contributed by atoms with Crippen LogP contribution in [0.4, 0.5) is 11.4 Å². The van der Waals surface area contributed by atoms with Gasteiger partial charge in [-0.25, -0.2) is 8.42 Å². The lowest BCUT2D eigenvalue weighted by Gasteiger charge is -2.20. The molecule has 0 aliphatic carbocycles. The second-order valence-corrected chi connectivity index (χ2v) is 9.92. The summed E-state index contributed by atoms with van der Waals surface area (Å²) in [5.74, 6) is -0.125. The summed E-state index contributed by atoms with van der Waals surface area (Å²) in [5, 5.41) is 0. The second kappa shape index (κ2) is 6.49. The molecule has 2 aromatic heterocycles. The minimum Gasteiger partial charge on any atom is -0.278 e. The van der Waals surface area contributed by atoms with E-state index in [-0.39, 0.29) is 10.8 Å². The summed E-state index contributed by atoms with van der Waals surface area (Å²) < 4.78 is 24.0. The molecule has 4 rings (SSSR count). The van der Waals surface area contributed by atoms with Gasteiger partial charge in [-0.15, -0.1) is 0 Å². The third-order valence-corrected chi connectivity index (χ3v) is 6.32. The van der Waals surface area contributed by atoms with Crippen LogP contribution in [-0.4, -0.2) is 30.5 Å². The van der Waals surface area contributed by atoms with E-state index in [0.717, 1.165) is 34.2 Å². The number of rotatable bonds is 3. The molecule has 0 fully saturated rings. The van der Waals surface area contributed by atoms with Crippen LogP contribution in [0, 0.1) is 6.92 Å². The molecule has 7 heteroatoms. The Bertz CT molecular complexity index is 1250. The summed E-state index contributed by atoms with van der Waals surface area (Å²) in [6.45, 7) is 5.72. The maximum absolute atomic E-state index is 13.3. The minimum atomic E-state index is -3.44. The third kappa shape index (κ3) is 3.21. The number of pyridine rings is 2. The van der Waals surface area contributed by atoms with Gasteiger partial charge in [-0.1, -0.05) is 12.1 Å². The lowest BCUT2D eigenvalue weighted by molar-refractivity contribution is -0.121. The van der Waals surface area contributed by atoms with Crippen molar-refractivity contribution in [2.24, 2.45) is 0 Å². The highest BCUT2D eigenvalue weighted by Gasteiger charge is 2.44. The molecule has 0 N–H and O–H groups in total. The number of benzene rings is 1. The van der Waals surface area contributed by atoms with Crippen LogP contribution in [0.25, 0.3) is 11.1 Å². The zero-order chi connectivity index (χ0) is 21.0. The van der Waals surface area contributed by atoms with Crippen molar-refractivity contribution in [1.82, 2.24) is 9.97 Å². The second-order valence-electron chi connectivity index (χ2n) is 7.90. The Kier molecular flexibility index (Phi) is 4.31. The van der Waals surface area contributed by atoms with Crippen LogP contribution in [0.3, 0.4) is 0 Å². The number of aromatic nitrogens is 2. The van der Waals surface area contributed by atoms with E-state index in [4.69, 9.17) is 0 Å². The first kappa shape index (κ1) is 19.3. The maximum Gasteiger partial charge on any atom is 0.241 e. The number of hydrogen-bond donors (Lipinski definition) is 0. The molecule has 0 spiro atoms. The standard InChI is InChI=1S/C22H21N3O3S/c1-14-7-16(11-23-10-14)15-5-6-19-20(8-15)25(21(26)22(19,2)3)17-9-18(13-24-12-17)29(4,27)28/h5-13H,1-4H3. The normalized spacial score (nSPS) is 15.4. The number of anilines is 2. The van der Waals surface area contributed by atoms with Gasteiger partial charge < -0.3 is 0 Å². The predicted octanol–water partition coefficient (Wildman–Crippen LogP) is 3.81. The molecule has 1 aromatic carbocycles. The van der Waals surface area contributed by atoms with Crippen molar-refractivity contribution in [3.63, 3.8) is 0 Å². The van der Waals surface area contributed by atoms with Crippen LogP contribution in [0.2, 0.25) is 0 Å². The predicted molar refractivity (Wildman–Crippen MR) is 112 cm³/mol. The van der Waals surface area contributed by atoms with Crippen LogP contribution in [0.5, 0.6) is 0 Å². The van der Waals surface area contributed by atoms with E-state index in [9.17, 15) is 13.2 Å². The van der Waals surface area contributed by atoms with E-state index in [2.05, 4.69) is 9.97 Å². The van der Waals surface area contributed by atoms with E-state index in [0.29, 0.717) is 5.69 Å². The number of carbonyl (C=O) groups excluding carboxylic acids is 1. The molecule has 29 heavy (non-hydrogen) atoms. The SMILES string of the molecule is Cc1cncc(-c2ccc3c(c2)N(c2cncc(S(C)(=O)=O)c2)C(=O)C3(C)C)c1. The quantitative estimate of drug-likeness (QED) is 0.659. The lowest BCUT2D eigenvalue weighted by Crippen LogP contribution is -2.33. The van der Waals surface area contributed by atoms with Gasteiger partial charge in [-0.2, -0.15) is 0 Å². The van der Waals surface area contributed by atoms with Crippen molar-refractivity contribution in [1.29, 1.82) is 0 Å². The van der Waals surface area contributed by atoms with Gasteiger partial charge in [0.25, 0.3) is 0 Å². The number of fused-ring (bicyclic) bond motifs is 1. The van der Waals surface area contributed by atoms with Crippen LogP contribution in [-0.2, 0) is 20.0 Å². The summed E-state index contributed by atoms with van der Waals surface area (Å²) in [6.07, 6.45) is 7.50. The first-order valence-electron chi connectivity index (χ1n) is 9.15. The van der Waals surface area contributed by atoms with Gasteiger partial charge in [0.1, 0.15) is 0 Å². The number of nitrogens with zero attached hydrogens (tertiary/aromatic N) is 3. The molecule has 1 aliphatic heterocycles. The summed E-state index contributed by atoms with van der Waals surface area (Å²) in [4.78, 5) is 23.2. The number of amides is 1. The van der Waals surface area contributed by atoms with E-state index in [1.54, 1.807) is 17.3 Å². The Morgan fingerprint density at radius 1 is 0.931 bits per heavy atom. The molecular formula is C22H21N3O3S. The summed E-state index contributed by atoms with van der Waals surface area (Å²) in [6, 6.07) is 9.42. The Morgan fingerprint density at radius 3 is 2.34 bits per heavy atom. The summed E-state index contributed by atoms with van der Waals surface area (Å²) in [5.41, 5.74) is 4.24. The minimum absolute atomic E-state index is 0.0769. The average molecular weight is 407 g/mol. The van der Waals surface area contributed by atoms with Gasteiger partial charge >= 0.3 is 0 Å². The first-order valence-corrected chi connectivity index (χ1v) is 11.0. The molecule has 0 atom stereocenters. The van der Waals surface area contributed by atoms with Gasteiger partial charge in [-0.05, 0) is 55.7 Å². The number of hydrogen-bond acceptors (Lipinski definition) is 5. The monoisotopic (exact) mass is 407 g/mol. The van der Waals surface area contributed by atoms with Crippen molar-refractivity contribution in [3.05, 3.63) is 66.2 Å². The van der Waals surface area contributed by atoms with Crippen molar-refractivity contribution in [3.8, 4) is 11.1 Å². The number of carbonyl (C=O) groups is 1. The zero-order valence-electron chi connectivity index (χ0n) is 16.7. The fraction of sp³-hybridized carbons (Fsp3) is 0.227. The molecule has 1 amide bonds. The summed E-state index contributed by atoms with van der Waals surface area (Å²) in [7, 11) is -3.44. The highest BCUT2D eigenvalue weighted by Crippen LogP contribution is 2.46. The molecule has 148 valence electrons. The highest BCUT2D eigenvalue weighted by atomic mass is 32.2. The number of sulfone groups is 1. The van der Waals surface area contributed by atoms with Gasteiger partial charge in [-0.3, -0.25) is 19.7 Å². The van der Waals surface area contributed by atoms with Gasteiger partial charge in [0, 0.05) is 30.4 Å². The van der Waals surface area contributed by atoms with Gasteiger partial charge in [0.2, 0.25) is 5.91 Å². The molecule has 3 heterocycles. The van der Waals surface area contributed by atoms with Crippen LogP contribution in [0.1, 0.15) is 25.0 Å². The highest BCUT2D eigenvalue weighted by molar-refractivity contribution is 7.90. The lowest BCUT2D eigenvalue weighted by atomic mass is 9.85. The first-order chi connectivity index (χ1) is 13.6. The van der Waals surface area contributed by atoms with E-state index >= 15 is 0 Å². The van der Waals surface area contributed by atoms with E-state index in [1.165, 1.54) is 18.5 Å². The molecule has 3 aromatic rings. The van der Waals surface area contributed by atoms with Crippen molar-refractivity contribution < 1.29 is 13.2 Å². The van der Waals surface area contributed by atoms with Crippen molar-refractivity contribution >= 4 is 27.1 Å². The fourth-order valence-electron chi connectivity index (χ4n) is 3.63. The summed E-state index contributed by atoms with van der Waals surface area (Å²) >= 11 is 0. The van der Waals surface area contributed by atoms with Crippen molar-refractivity contribution in [2.45, 2.75) is 31.1 Å². The third-order valence-electron chi connectivity index (χ3n) is 5.24. The number of aryl methyl sites for hydroxylation is 1. The molecule has 0 saturated heterocycles. The molecule has 0 unspecified atom stereocenters. The Morgan fingerprint density at radius 2 is 1.66 bits per heavy atom. The van der Waals surface area contributed by atoms with E-state index < -0.39 is 15.3 Å². The molecule has 1 aliphatic rings. The molecule has 6 nitrogen and oxygen atoms in total. The topological polar surface area (TPSA) is 80.2 Å². The Hall–Kier alpha value is -3.06. The molecule has 0 saturated carbocycles. The smallest absolute Gasteiger partial charge is 0.241 e. The fourth-order valence-corrected chi connectivity index (χ4v) is 4.22. The van der Waals surface area contributed by atoms with Crippen molar-refractivity contribution in [2.75, 3.05) is 11.2 Å². The maximum atomic E-state index is 13.3. The largest absolute Gasteiger partial charge is 0.278 e. The van der Waals surface area contributed by atoms with Crippen LogP contribution < -0.4 is 4.90 Å².